The smallest absolute Gasteiger partial charge is 0.226 e. The summed E-state index contributed by atoms with van der Waals surface area (Å²) in [5.41, 5.74) is 2.60. The van der Waals surface area contributed by atoms with Gasteiger partial charge in [0.25, 0.3) is 0 Å². The summed E-state index contributed by atoms with van der Waals surface area (Å²) in [5.74, 6) is 0.166. The van der Waals surface area contributed by atoms with E-state index in [4.69, 9.17) is 5.26 Å². The van der Waals surface area contributed by atoms with E-state index in [0.29, 0.717) is 53.8 Å². The van der Waals surface area contributed by atoms with E-state index in [0.717, 1.165) is 37.9 Å². The largest absolute Gasteiger partial charge is 0.367 e. The monoisotopic (exact) mass is 451 g/mol. The van der Waals surface area contributed by atoms with Crippen molar-refractivity contribution < 1.29 is 9.18 Å². The molecule has 1 amide bonds. The SMILES string of the molecule is CC1CCc2c(sc(NC(=O)CCN3CCN(c4ccc(C#N)cc4F)CC3)c2C#N)C1. The number of amides is 1. The van der Waals surface area contributed by atoms with Gasteiger partial charge < -0.3 is 10.2 Å². The number of halogens is 1. The quantitative estimate of drug-likeness (QED) is 0.745. The molecule has 1 unspecified atom stereocenters. The van der Waals surface area contributed by atoms with Crippen molar-refractivity contribution in [2.75, 3.05) is 42.9 Å². The molecule has 1 atom stereocenters. The maximum Gasteiger partial charge on any atom is 0.226 e. The Labute approximate surface area is 191 Å². The number of carbonyl (C=O) groups excluding carboxylic acids is 1. The van der Waals surface area contributed by atoms with E-state index in [1.165, 1.54) is 10.9 Å². The van der Waals surface area contributed by atoms with Crippen LogP contribution < -0.4 is 10.2 Å². The number of benzene rings is 1. The predicted octanol–water partition coefficient (Wildman–Crippen LogP) is 3.91. The van der Waals surface area contributed by atoms with Gasteiger partial charge in [0.1, 0.15) is 16.9 Å². The van der Waals surface area contributed by atoms with E-state index >= 15 is 0 Å². The predicted molar refractivity (Wildman–Crippen MR) is 123 cm³/mol. The fraction of sp³-hybridized carbons (Fsp3) is 0.458. The van der Waals surface area contributed by atoms with E-state index in [1.54, 1.807) is 23.5 Å². The third-order valence-electron chi connectivity index (χ3n) is 6.32. The summed E-state index contributed by atoms with van der Waals surface area (Å²) in [6.07, 6.45) is 3.34. The zero-order chi connectivity index (χ0) is 22.7. The molecule has 2 heterocycles. The number of carbonyl (C=O) groups is 1. The van der Waals surface area contributed by atoms with Crippen LogP contribution in [0.4, 0.5) is 15.1 Å². The van der Waals surface area contributed by atoms with Gasteiger partial charge in [0.2, 0.25) is 5.91 Å². The average Bonchev–Trinajstić information content (AvgIpc) is 3.13. The maximum absolute atomic E-state index is 14.3. The standard InChI is InChI=1S/C24H26FN5OS/c1-16-2-4-18-19(15-27)24(32-22(18)12-16)28-23(31)6-7-29-8-10-30(11-9-29)21-5-3-17(14-26)13-20(21)25/h3,5,13,16H,2,4,6-12H2,1H3,(H,28,31). The van der Waals surface area contributed by atoms with Crippen molar-refractivity contribution in [1.82, 2.24) is 4.90 Å². The van der Waals surface area contributed by atoms with Crippen LogP contribution in [0.5, 0.6) is 0 Å². The lowest BCUT2D eigenvalue weighted by atomic mass is 9.89. The van der Waals surface area contributed by atoms with Gasteiger partial charge in [-0.1, -0.05) is 6.92 Å². The Bertz CT molecular complexity index is 1090. The highest BCUT2D eigenvalue weighted by atomic mass is 32.1. The topological polar surface area (TPSA) is 83.2 Å². The first-order chi connectivity index (χ1) is 15.5. The van der Waals surface area contributed by atoms with Crippen molar-refractivity contribution in [3.63, 3.8) is 0 Å². The second-order valence-electron chi connectivity index (χ2n) is 8.57. The maximum atomic E-state index is 14.3. The molecule has 0 radical (unpaired) electrons. The van der Waals surface area contributed by atoms with E-state index < -0.39 is 0 Å². The number of hydrogen-bond donors (Lipinski definition) is 1. The molecule has 1 aliphatic heterocycles. The van der Waals surface area contributed by atoms with Gasteiger partial charge in [-0.05, 0) is 48.9 Å². The first-order valence-electron chi connectivity index (χ1n) is 11.0. The van der Waals surface area contributed by atoms with Gasteiger partial charge in [0.05, 0.1) is 22.9 Å². The number of hydrogen-bond acceptors (Lipinski definition) is 6. The van der Waals surface area contributed by atoms with Crippen molar-refractivity contribution in [2.24, 2.45) is 5.92 Å². The Balaban J connectivity index is 1.28. The summed E-state index contributed by atoms with van der Waals surface area (Å²) >= 11 is 1.55. The minimum Gasteiger partial charge on any atom is -0.367 e. The van der Waals surface area contributed by atoms with Crippen molar-refractivity contribution in [2.45, 2.75) is 32.6 Å². The lowest BCUT2D eigenvalue weighted by Gasteiger charge is -2.36. The Kier molecular flexibility index (Phi) is 6.74. The first kappa shape index (κ1) is 22.3. The van der Waals surface area contributed by atoms with Crippen molar-refractivity contribution in [3.05, 3.63) is 45.6 Å². The molecule has 8 heteroatoms. The zero-order valence-corrected chi connectivity index (χ0v) is 19.0. The van der Waals surface area contributed by atoms with Crippen LogP contribution in [0, 0.1) is 34.4 Å². The number of nitriles is 2. The van der Waals surface area contributed by atoms with Gasteiger partial charge in [-0.2, -0.15) is 10.5 Å². The van der Waals surface area contributed by atoms with Crippen LogP contribution in [0.25, 0.3) is 0 Å². The van der Waals surface area contributed by atoms with Gasteiger partial charge in [0, 0.05) is 44.0 Å². The molecule has 6 nitrogen and oxygen atoms in total. The number of anilines is 2. The highest BCUT2D eigenvalue weighted by Gasteiger charge is 2.25. The summed E-state index contributed by atoms with van der Waals surface area (Å²) in [6, 6.07) is 8.80. The number of fused-ring (bicyclic) bond motifs is 1. The minimum absolute atomic E-state index is 0.0753. The van der Waals surface area contributed by atoms with E-state index in [1.807, 2.05) is 11.0 Å². The minimum atomic E-state index is -0.377. The molecule has 166 valence electrons. The second kappa shape index (κ2) is 9.68. The van der Waals surface area contributed by atoms with Crippen molar-refractivity contribution >= 4 is 27.9 Å². The van der Waals surface area contributed by atoms with Gasteiger partial charge in [0.15, 0.2) is 0 Å². The van der Waals surface area contributed by atoms with Gasteiger partial charge in [-0.25, -0.2) is 4.39 Å². The molecule has 0 spiro atoms. The van der Waals surface area contributed by atoms with Gasteiger partial charge in [-0.3, -0.25) is 9.69 Å². The Morgan fingerprint density at radius 1 is 1.25 bits per heavy atom. The molecule has 1 aromatic carbocycles. The van der Waals surface area contributed by atoms with Crippen LogP contribution in [-0.2, 0) is 17.6 Å². The Morgan fingerprint density at radius 3 is 2.72 bits per heavy atom. The molecule has 2 aromatic rings. The molecule has 0 saturated carbocycles. The first-order valence-corrected chi connectivity index (χ1v) is 11.8. The molecule has 0 bridgehead atoms. The number of rotatable bonds is 5. The van der Waals surface area contributed by atoms with Crippen LogP contribution in [0.1, 0.15) is 41.3 Å². The average molecular weight is 452 g/mol. The summed E-state index contributed by atoms with van der Waals surface area (Å²) in [4.78, 5) is 18.0. The van der Waals surface area contributed by atoms with E-state index in [2.05, 4.69) is 23.2 Å². The molecule has 1 N–H and O–H groups in total. The normalized spacial score (nSPS) is 18.5. The molecular weight excluding hydrogens is 425 g/mol. The van der Waals surface area contributed by atoms with Crippen LogP contribution in [0.3, 0.4) is 0 Å². The van der Waals surface area contributed by atoms with Crippen LogP contribution in [-0.4, -0.2) is 43.5 Å². The fourth-order valence-electron chi connectivity index (χ4n) is 4.45. The number of piperazine rings is 1. The number of nitrogens with one attached hydrogen (secondary N) is 1. The molecular formula is C24H26FN5OS. The molecule has 2 aliphatic rings. The second-order valence-corrected chi connectivity index (χ2v) is 9.68. The van der Waals surface area contributed by atoms with E-state index in [9.17, 15) is 14.4 Å². The molecule has 1 aliphatic carbocycles. The molecule has 32 heavy (non-hydrogen) atoms. The molecule has 1 fully saturated rings. The lowest BCUT2D eigenvalue weighted by molar-refractivity contribution is -0.116. The Morgan fingerprint density at radius 2 is 2.03 bits per heavy atom. The molecule has 1 saturated heterocycles. The third-order valence-corrected chi connectivity index (χ3v) is 7.49. The van der Waals surface area contributed by atoms with Crippen LogP contribution in [0.15, 0.2) is 18.2 Å². The van der Waals surface area contributed by atoms with Crippen molar-refractivity contribution in [1.29, 1.82) is 10.5 Å². The summed E-state index contributed by atoms with van der Waals surface area (Å²) < 4.78 is 14.3. The van der Waals surface area contributed by atoms with Crippen LogP contribution >= 0.6 is 11.3 Å². The van der Waals surface area contributed by atoms with Gasteiger partial charge in [-0.15, -0.1) is 11.3 Å². The highest BCUT2D eigenvalue weighted by molar-refractivity contribution is 7.16. The van der Waals surface area contributed by atoms with Crippen molar-refractivity contribution in [3.8, 4) is 12.1 Å². The number of thiophene rings is 1. The zero-order valence-electron chi connectivity index (χ0n) is 18.2. The fourth-order valence-corrected chi connectivity index (χ4v) is 5.83. The summed E-state index contributed by atoms with van der Waals surface area (Å²) in [6.45, 7) is 5.66. The summed E-state index contributed by atoms with van der Waals surface area (Å²) in [7, 11) is 0. The third kappa shape index (κ3) is 4.77. The summed E-state index contributed by atoms with van der Waals surface area (Å²) in [5, 5.41) is 22.1. The Hall–Kier alpha value is -2.94. The van der Waals surface area contributed by atoms with E-state index in [-0.39, 0.29) is 11.7 Å². The number of nitrogens with zero attached hydrogens (tertiary/aromatic N) is 4. The molecule has 1 aromatic heterocycles. The highest BCUT2D eigenvalue weighted by Crippen LogP contribution is 2.39. The lowest BCUT2D eigenvalue weighted by Crippen LogP contribution is -2.47. The van der Waals surface area contributed by atoms with Crippen LogP contribution in [0.2, 0.25) is 0 Å². The van der Waals surface area contributed by atoms with Gasteiger partial charge >= 0.3 is 0 Å². The molecule has 4 rings (SSSR count).